The average molecular weight is 471 g/mol. The number of aliphatic hydroxyl groups excluding tert-OH is 1. The topological polar surface area (TPSA) is 124 Å². The first-order valence-electron chi connectivity index (χ1n) is 11.7. The Morgan fingerprint density at radius 2 is 2.03 bits per heavy atom. The third-order valence-electron chi connectivity index (χ3n) is 6.35. The summed E-state index contributed by atoms with van der Waals surface area (Å²) in [6, 6.07) is 13.3. The molecule has 0 unspecified atom stereocenters. The molecule has 2 heterocycles. The quantitative estimate of drug-likeness (QED) is 0.307. The monoisotopic (exact) mass is 470 g/mol. The third-order valence-corrected chi connectivity index (χ3v) is 6.35. The van der Waals surface area contributed by atoms with Crippen molar-refractivity contribution in [3.05, 3.63) is 59.9 Å². The van der Waals surface area contributed by atoms with E-state index in [4.69, 9.17) is 9.94 Å². The molecule has 1 fully saturated rings. The predicted molar refractivity (Wildman–Crippen MR) is 126 cm³/mol. The number of nitrogens with zero attached hydrogens (tertiary/aromatic N) is 2. The largest absolute Gasteiger partial charge is 0.494 e. The summed E-state index contributed by atoms with van der Waals surface area (Å²) in [6.07, 6.45) is 1.54. The van der Waals surface area contributed by atoms with E-state index in [2.05, 4.69) is 10.3 Å². The highest BCUT2D eigenvalue weighted by atomic mass is 16.5. The molecule has 184 valence electrons. The number of carbonyl (C=O) groups is 2. The minimum absolute atomic E-state index is 0.281. The number of aliphatic hydroxyl groups is 1. The van der Waals surface area contributed by atoms with E-state index in [1.807, 2.05) is 56.3 Å². The molecular formula is C25H34N4O5. The zero-order valence-corrected chi connectivity index (χ0v) is 19.7. The zero-order chi connectivity index (χ0) is 24.6. The first kappa shape index (κ1) is 25.6. The maximum absolute atomic E-state index is 13.7. The van der Waals surface area contributed by atoms with Gasteiger partial charge in [0.2, 0.25) is 5.91 Å². The van der Waals surface area contributed by atoms with Crippen LogP contribution in [0.2, 0.25) is 0 Å². The van der Waals surface area contributed by atoms with Gasteiger partial charge in [-0.1, -0.05) is 18.2 Å². The zero-order valence-electron chi connectivity index (χ0n) is 19.7. The highest BCUT2D eigenvalue weighted by Gasteiger charge is 2.44. The van der Waals surface area contributed by atoms with Crippen molar-refractivity contribution < 1.29 is 24.6 Å². The fraction of sp³-hybridized carbons (Fsp3) is 0.480. The number of carbonyl (C=O) groups excluding carboxylic acids is 2. The van der Waals surface area contributed by atoms with Gasteiger partial charge in [0.25, 0.3) is 5.91 Å². The third kappa shape index (κ3) is 5.91. The standard InChI is InChI=1S/C25H34N4O5/c1-3-34-19-12-10-18(11-13-19)7-6-8-20(22(30)23(31)28-33)24(32)29-16-15-26-17-25(29,2)21-9-4-5-14-27-21/h4-5,9-14,20,22,26,30,33H,3,6-8,15-17H2,1-2H3,(H,28,31)/t20-,22-,25-/m0/s1. The number of aryl methyl sites for hydroxylation is 1. The summed E-state index contributed by atoms with van der Waals surface area (Å²) in [6.45, 7) is 5.95. The van der Waals surface area contributed by atoms with Crippen molar-refractivity contribution in [2.45, 2.75) is 44.8 Å². The smallest absolute Gasteiger partial charge is 0.272 e. The predicted octanol–water partition coefficient (Wildman–Crippen LogP) is 1.63. The van der Waals surface area contributed by atoms with Crippen molar-refractivity contribution in [1.82, 2.24) is 20.7 Å². The van der Waals surface area contributed by atoms with E-state index in [9.17, 15) is 14.7 Å². The molecule has 2 amide bonds. The molecule has 1 saturated heterocycles. The number of hydroxylamine groups is 1. The van der Waals surface area contributed by atoms with Crippen LogP contribution in [0.3, 0.4) is 0 Å². The summed E-state index contributed by atoms with van der Waals surface area (Å²) < 4.78 is 5.47. The first-order valence-corrected chi connectivity index (χ1v) is 11.7. The summed E-state index contributed by atoms with van der Waals surface area (Å²) in [5, 5.41) is 23.0. The second-order valence-electron chi connectivity index (χ2n) is 8.65. The highest BCUT2D eigenvalue weighted by molar-refractivity contribution is 5.89. The number of benzene rings is 1. The molecule has 1 aromatic carbocycles. The Kier molecular flexibility index (Phi) is 8.98. The Hall–Kier alpha value is -3.01. The van der Waals surface area contributed by atoms with Crippen molar-refractivity contribution in [3.63, 3.8) is 0 Å². The number of hydrogen-bond acceptors (Lipinski definition) is 7. The summed E-state index contributed by atoms with van der Waals surface area (Å²) in [7, 11) is 0. The van der Waals surface area contributed by atoms with Crippen LogP contribution < -0.4 is 15.5 Å². The molecule has 1 aromatic heterocycles. The summed E-state index contributed by atoms with van der Waals surface area (Å²) in [5.74, 6) is -1.54. The molecule has 0 spiro atoms. The maximum atomic E-state index is 13.7. The van der Waals surface area contributed by atoms with Crippen LogP contribution >= 0.6 is 0 Å². The number of hydrogen-bond donors (Lipinski definition) is 4. The van der Waals surface area contributed by atoms with E-state index < -0.39 is 23.5 Å². The van der Waals surface area contributed by atoms with Gasteiger partial charge in [-0.2, -0.15) is 0 Å². The molecule has 0 bridgehead atoms. The molecule has 0 saturated carbocycles. The van der Waals surface area contributed by atoms with Gasteiger partial charge < -0.3 is 20.1 Å². The molecular weight excluding hydrogens is 436 g/mol. The van der Waals surface area contributed by atoms with Crippen molar-refractivity contribution in [2.24, 2.45) is 5.92 Å². The van der Waals surface area contributed by atoms with Crippen molar-refractivity contribution in [1.29, 1.82) is 0 Å². The van der Waals surface area contributed by atoms with Gasteiger partial charge in [0.05, 0.1) is 23.8 Å². The Bertz CT molecular complexity index is 940. The number of rotatable bonds is 10. The maximum Gasteiger partial charge on any atom is 0.272 e. The Labute approximate surface area is 200 Å². The number of aromatic nitrogens is 1. The number of amides is 2. The number of piperazine rings is 1. The van der Waals surface area contributed by atoms with Gasteiger partial charge in [-0.15, -0.1) is 0 Å². The molecule has 3 rings (SSSR count). The van der Waals surface area contributed by atoms with Crippen LogP contribution in [0.5, 0.6) is 5.75 Å². The van der Waals surface area contributed by atoms with Crippen molar-refractivity contribution in [3.8, 4) is 5.75 Å². The van der Waals surface area contributed by atoms with Gasteiger partial charge in [0, 0.05) is 25.8 Å². The van der Waals surface area contributed by atoms with Crippen LogP contribution in [0.1, 0.15) is 37.9 Å². The molecule has 1 aliphatic rings. The molecule has 9 nitrogen and oxygen atoms in total. The van der Waals surface area contributed by atoms with E-state index in [1.165, 1.54) is 5.48 Å². The van der Waals surface area contributed by atoms with E-state index in [0.717, 1.165) is 17.0 Å². The Balaban J connectivity index is 1.77. The highest BCUT2D eigenvalue weighted by Crippen LogP contribution is 2.31. The van der Waals surface area contributed by atoms with Crippen LogP contribution in [0.25, 0.3) is 0 Å². The fourth-order valence-corrected chi connectivity index (χ4v) is 4.44. The van der Waals surface area contributed by atoms with Gasteiger partial charge in [-0.05, 0) is 62.9 Å². The molecule has 9 heteroatoms. The summed E-state index contributed by atoms with van der Waals surface area (Å²) in [5.41, 5.74) is 2.54. The summed E-state index contributed by atoms with van der Waals surface area (Å²) >= 11 is 0. The lowest BCUT2D eigenvalue weighted by Crippen LogP contribution is -2.62. The lowest BCUT2D eigenvalue weighted by molar-refractivity contribution is -0.155. The van der Waals surface area contributed by atoms with Gasteiger partial charge in [-0.25, -0.2) is 5.48 Å². The van der Waals surface area contributed by atoms with E-state index in [-0.39, 0.29) is 12.3 Å². The van der Waals surface area contributed by atoms with E-state index in [1.54, 1.807) is 11.1 Å². The molecule has 1 aliphatic heterocycles. The van der Waals surface area contributed by atoms with E-state index in [0.29, 0.717) is 39.1 Å². The normalized spacial score (nSPS) is 19.8. The number of pyridine rings is 1. The molecule has 34 heavy (non-hydrogen) atoms. The molecule has 4 N–H and O–H groups in total. The van der Waals surface area contributed by atoms with Crippen molar-refractivity contribution in [2.75, 3.05) is 26.2 Å². The molecule has 3 atom stereocenters. The van der Waals surface area contributed by atoms with Gasteiger partial charge in [-0.3, -0.25) is 19.8 Å². The fourth-order valence-electron chi connectivity index (χ4n) is 4.44. The number of nitrogens with one attached hydrogen (secondary N) is 2. The summed E-state index contributed by atoms with van der Waals surface area (Å²) in [4.78, 5) is 32.0. The van der Waals surface area contributed by atoms with Crippen LogP contribution in [0.15, 0.2) is 48.7 Å². The van der Waals surface area contributed by atoms with Gasteiger partial charge in [0.1, 0.15) is 11.9 Å². The lowest BCUT2D eigenvalue weighted by atomic mass is 9.87. The van der Waals surface area contributed by atoms with Crippen LogP contribution in [-0.2, 0) is 21.5 Å². The van der Waals surface area contributed by atoms with Gasteiger partial charge in [0.15, 0.2) is 0 Å². The minimum Gasteiger partial charge on any atom is -0.494 e. The van der Waals surface area contributed by atoms with Crippen LogP contribution in [-0.4, -0.2) is 64.4 Å². The number of ether oxygens (including phenoxy) is 1. The second-order valence-corrected chi connectivity index (χ2v) is 8.65. The van der Waals surface area contributed by atoms with Crippen LogP contribution in [0.4, 0.5) is 0 Å². The van der Waals surface area contributed by atoms with Crippen LogP contribution in [0, 0.1) is 5.92 Å². The Morgan fingerprint density at radius 1 is 1.26 bits per heavy atom. The Morgan fingerprint density at radius 3 is 2.68 bits per heavy atom. The lowest BCUT2D eigenvalue weighted by Gasteiger charge is -2.46. The minimum atomic E-state index is -1.67. The average Bonchev–Trinajstić information content (AvgIpc) is 2.87. The van der Waals surface area contributed by atoms with Gasteiger partial charge >= 0.3 is 0 Å². The molecule has 0 radical (unpaired) electrons. The van der Waals surface area contributed by atoms with E-state index >= 15 is 0 Å². The molecule has 0 aliphatic carbocycles. The first-order chi connectivity index (χ1) is 16.4. The SMILES string of the molecule is CCOc1ccc(CCC[C@H](C(=O)N2CCNC[C@@]2(C)c2ccccn2)[C@H](O)C(=O)NO)cc1. The second kappa shape index (κ2) is 11.9. The molecule has 2 aromatic rings. The van der Waals surface area contributed by atoms with Crippen molar-refractivity contribution >= 4 is 11.8 Å².